The van der Waals surface area contributed by atoms with Crippen molar-refractivity contribution in [3.05, 3.63) is 58.9 Å². The zero-order valence-corrected chi connectivity index (χ0v) is 16.7. The molecule has 2 N–H and O–H groups in total. The van der Waals surface area contributed by atoms with E-state index in [-0.39, 0.29) is 17.1 Å². The van der Waals surface area contributed by atoms with Gasteiger partial charge in [0.2, 0.25) is 0 Å². The maximum atomic E-state index is 14.1. The first-order valence-corrected chi connectivity index (χ1v) is 10.0. The van der Waals surface area contributed by atoms with Crippen LogP contribution in [0, 0.1) is 19.7 Å². The summed E-state index contributed by atoms with van der Waals surface area (Å²) in [6.07, 6.45) is 4.70. The molecule has 2 atom stereocenters. The molecule has 0 spiro atoms. The minimum atomic E-state index is -0.622. The standard InChI is InChI=1S/C22H25FN4O2/c1-14-5-3-6-17(24-14)19(28)26-21-9-4-10-22(13-21,12-11-21)27-20(29)18-16(23)8-7-15(2)25-18/h3,5-8H,4,9-13H2,1-2H3,(H,26,28)(H,27,29)/t21-,22+/m0/s1. The van der Waals surface area contributed by atoms with Gasteiger partial charge in [0, 0.05) is 22.5 Å². The lowest BCUT2D eigenvalue weighted by molar-refractivity contribution is 0.0824. The average molecular weight is 396 g/mol. The second-order valence-electron chi connectivity index (χ2n) is 8.45. The van der Waals surface area contributed by atoms with E-state index in [1.807, 2.05) is 19.1 Å². The number of pyridine rings is 2. The molecule has 2 bridgehead atoms. The Kier molecular flexibility index (Phi) is 4.84. The summed E-state index contributed by atoms with van der Waals surface area (Å²) in [5.74, 6) is -1.30. The molecule has 0 aromatic carbocycles. The Hall–Kier alpha value is -2.83. The van der Waals surface area contributed by atoms with Crippen LogP contribution in [0.2, 0.25) is 0 Å². The first kappa shape index (κ1) is 19.5. The lowest BCUT2D eigenvalue weighted by atomic mass is 9.78. The Balaban J connectivity index is 1.50. The number of hydrogen-bond acceptors (Lipinski definition) is 4. The van der Waals surface area contributed by atoms with E-state index in [0.29, 0.717) is 17.8 Å². The highest BCUT2D eigenvalue weighted by Gasteiger charge is 2.52. The van der Waals surface area contributed by atoms with Crippen molar-refractivity contribution in [2.24, 2.45) is 0 Å². The van der Waals surface area contributed by atoms with E-state index in [2.05, 4.69) is 20.6 Å². The fraction of sp³-hybridized carbons (Fsp3) is 0.455. The van der Waals surface area contributed by atoms with Gasteiger partial charge in [-0.15, -0.1) is 0 Å². The number of halogens is 1. The van der Waals surface area contributed by atoms with E-state index in [1.165, 1.54) is 6.07 Å². The predicted octanol–water partition coefficient (Wildman–Crippen LogP) is 3.24. The first-order valence-electron chi connectivity index (χ1n) is 10.0. The van der Waals surface area contributed by atoms with Gasteiger partial charge in [-0.3, -0.25) is 9.59 Å². The quantitative estimate of drug-likeness (QED) is 0.831. The van der Waals surface area contributed by atoms with Gasteiger partial charge in [-0.05, 0) is 76.6 Å². The highest BCUT2D eigenvalue weighted by atomic mass is 19.1. The Bertz CT molecular complexity index is 979. The summed E-state index contributed by atoms with van der Waals surface area (Å²) in [5.41, 5.74) is 0.802. The SMILES string of the molecule is Cc1cccc(C(=O)N[C@@]23CCC[C@@](NC(=O)c4nc(C)ccc4F)(CC2)C3)n1. The summed E-state index contributed by atoms with van der Waals surface area (Å²) in [6.45, 7) is 3.58. The van der Waals surface area contributed by atoms with Crippen molar-refractivity contribution >= 4 is 11.8 Å². The Morgan fingerprint density at radius 3 is 2.24 bits per heavy atom. The molecular formula is C22H25FN4O2. The van der Waals surface area contributed by atoms with Crippen molar-refractivity contribution in [1.82, 2.24) is 20.6 Å². The number of rotatable bonds is 4. The van der Waals surface area contributed by atoms with Crippen LogP contribution in [-0.4, -0.2) is 32.9 Å². The maximum absolute atomic E-state index is 14.1. The number of aromatic nitrogens is 2. The molecule has 2 aromatic heterocycles. The van der Waals surface area contributed by atoms with Gasteiger partial charge in [-0.25, -0.2) is 14.4 Å². The van der Waals surface area contributed by atoms with Crippen molar-refractivity contribution in [2.45, 2.75) is 63.5 Å². The molecule has 2 saturated carbocycles. The fourth-order valence-corrected chi connectivity index (χ4v) is 4.81. The van der Waals surface area contributed by atoms with Crippen molar-refractivity contribution in [3.8, 4) is 0 Å². The molecule has 7 heteroatoms. The highest BCUT2D eigenvalue weighted by molar-refractivity contribution is 5.94. The van der Waals surface area contributed by atoms with Crippen LogP contribution < -0.4 is 10.6 Å². The van der Waals surface area contributed by atoms with Gasteiger partial charge in [0.1, 0.15) is 5.69 Å². The van der Waals surface area contributed by atoms with Crippen molar-refractivity contribution < 1.29 is 14.0 Å². The lowest BCUT2D eigenvalue weighted by Crippen LogP contribution is -2.55. The molecule has 29 heavy (non-hydrogen) atoms. The molecule has 2 amide bonds. The van der Waals surface area contributed by atoms with Crippen LogP contribution in [0.5, 0.6) is 0 Å². The van der Waals surface area contributed by atoms with Gasteiger partial charge in [-0.2, -0.15) is 0 Å². The second kappa shape index (κ2) is 7.21. The molecule has 0 unspecified atom stereocenters. The minimum Gasteiger partial charge on any atom is -0.345 e. The summed E-state index contributed by atoms with van der Waals surface area (Å²) in [4.78, 5) is 33.9. The number of carbonyl (C=O) groups excluding carboxylic acids is 2. The monoisotopic (exact) mass is 396 g/mol. The van der Waals surface area contributed by atoms with E-state index in [1.54, 1.807) is 19.1 Å². The topological polar surface area (TPSA) is 84.0 Å². The van der Waals surface area contributed by atoms with Gasteiger partial charge < -0.3 is 10.6 Å². The average Bonchev–Trinajstić information content (AvgIpc) is 2.93. The number of nitrogens with zero attached hydrogens (tertiary/aromatic N) is 2. The molecule has 0 radical (unpaired) electrons. The number of amides is 2. The van der Waals surface area contributed by atoms with Crippen LogP contribution in [0.4, 0.5) is 4.39 Å². The van der Waals surface area contributed by atoms with Crippen molar-refractivity contribution in [2.75, 3.05) is 0 Å². The van der Waals surface area contributed by atoms with Gasteiger partial charge in [0.05, 0.1) is 0 Å². The van der Waals surface area contributed by atoms with E-state index in [9.17, 15) is 14.0 Å². The molecule has 2 heterocycles. The molecule has 4 rings (SSSR count). The van der Waals surface area contributed by atoms with Crippen molar-refractivity contribution in [1.29, 1.82) is 0 Å². The predicted molar refractivity (Wildman–Crippen MR) is 106 cm³/mol. The van der Waals surface area contributed by atoms with Crippen LogP contribution >= 0.6 is 0 Å². The Morgan fingerprint density at radius 1 is 0.897 bits per heavy atom. The number of carbonyl (C=O) groups is 2. The van der Waals surface area contributed by atoms with Gasteiger partial charge in [0.15, 0.2) is 11.5 Å². The fourth-order valence-electron chi connectivity index (χ4n) is 4.81. The van der Waals surface area contributed by atoms with Crippen LogP contribution in [0.25, 0.3) is 0 Å². The zero-order valence-electron chi connectivity index (χ0n) is 16.7. The second-order valence-corrected chi connectivity index (χ2v) is 8.45. The third-order valence-corrected chi connectivity index (χ3v) is 6.15. The summed E-state index contributed by atoms with van der Waals surface area (Å²) in [5, 5.41) is 6.23. The first-order chi connectivity index (χ1) is 13.8. The van der Waals surface area contributed by atoms with Gasteiger partial charge >= 0.3 is 0 Å². The third-order valence-electron chi connectivity index (χ3n) is 6.15. The molecule has 2 fully saturated rings. The Labute approximate surface area is 169 Å². The molecule has 152 valence electrons. The summed E-state index contributed by atoms with van der Waals surface area (Å²) < 4.78 is 14.1. The molecule has 0 saturated heterocycles. The number of nitrogens with one attached hydrogen (secondary N) is 2. The smallest absolute Gasteiger partial charge is 0.273 e. The summed E-state index contributed by atoms with van der Waals surface area (Å²) >= 11 is 0. The van der Waals surface area contributed by atoms with Gasteiger partial charge in [0.25, 0.3) is 11.8 Å². The molecule has 6 nitrogen and oxygen atoms in total. The van der Waals surface area contributed by atoms with E-state index in [4.69, 9.17) is 0 Å². The molecule has 2 aliphatic carbocycles. The van der Waals surface area contributed by atoms with E-state index in [0.717, 1.165) is 37.8 Å². The highest BCUT2D eigenvalue weighted by Crippen LogP contribution is 2.48. The van der Waals surface area contributed by atoms with Crippen LogP contribution in [0.1, 0.15) is 70.9 Å². The zero-order chi connectivity index (χ0) is 20.6. The molecule has 2 aliphatic rings. The van der Waals surface area contributed by atoms with Crippen LogP contribution in [0.15, 0.2) is 30.3 Å². The van der Waals surface area contributed by atoms with Crippen molar-refractivity contribution in [3.63, 3.8) is 0 Å². The minimum absolute atomic E-state index is 0.171. The maximum Gasteiger partial charge on any atom is 0.273 e. The van der Waals surface area contributed by atoms with E-state index < -0.39 is 17.3 Å². The Morgan fingerprint density at radius 2 is 1.55 bits per heavy atom. The number of fused-ring (bicyclic) bond motifs is 2. The third kappa shape index (κ3) is 3.86. The summed E-state index contributed by atoms with van der Waals surface area (Å²) in [7, 11) is 0. The lowest BCUT2D eigenvalue weighted by Gasteiger charge is -2.40. The number of aryl methyl sites for hydroxylation is 2. The van der Waals surface area contributed by atoms with E-state index >= 15 is 0 Å². The largest absolute Gasteiger partial charge is 0.345 e. The normalized spacial score (nSPS) is 25.5. The van der Waals surface area contributed by atoms with Gasteiger partial charge in [-0.1, -0.05) is 6.07 Å². The number of hydrogen-bond donors (Lipinski definition) is 2. The van der Waals surface area contributed by atoms with Crippen LogP contribution in [-0.2, 0) is 0 Å². The molecular weight excluding hydrogens is 371 g/mol. The van der Waals surface area contributed by atoms with Crippen LogP contribution in [0.3, 0.4) is 0 Å². The summed E-state index contributed by atoms with van der Waals surface area (Å²) in [6, 6.07) is 8.19. The molecule has 2 aromatic rings. The molecule has 0 aliphatic heterocycles.